The number of hydrogen-bond acceptors (Lipinski definition) is 1. The molecule has 0 radical (unpaired) electrons. The summed E-state index contributed by atoms with van der Waals surface area (Å²) in [6.45, 7) is 9.30. The van der Waals surface area contributed by atoms with Crippen LogP contribution in [0.4, 0.5) is 0 Å². The largest absolute Gasteiger partial charge is 0.488 e. The first kappa shape index (κ1) is 16.3. The summed E-state index contributed by atoms with van der Waals surface area (Å²) in [6.07, 6.45) is 0. The van der Waals surface area contributed by atoms with E-state index in [9.17, 15) is 0 Å². The van der Waals surface area contributed by atoms with Gasteiger partial charge in [0, 0.05) is 18.8 Å². The summed E-state index contributed by atoms with van der Waals surface area (Å²) in [5.41, 5.74) is 3.65. The zero-order valence-electron chi connectivity index (χ0n) is 13.0. The molecule has 0 fully saturated rings. The lowest BCUT2D eigenvalue weighted by Crippen LogP contribution is -2.18. The lowest BCUT2D eigenvalue weighted by Gasteiger charge is -2.25. The third-order valence-corrected chi connectivity index (χ3v) is 4.55. The molecule has 0 aliphatic rings. The van der Waals surface area contributed by atoms with Gasteiger partial charge in [0.2, 0.25) is 0 Å². The Labute approximate surface area is 134 Å². The van der Waals surface area contributed by atoms with Crippen LogP contribution in [0.25, 0.3) is 0 Å². The lowest BCUT2D eigenvalue weighted by molar-refractivity contribution is 0.300. The van der Waals surface area contributed by atoms with Gasteiger partial charge >= 0.3 is 0 Å². The van der Waals surface area contributed by atoms with Crippen molar-refractivity contribution in [3.05, 3.63) is 59.2 Å². The predicted molar refractivity (Wildman–Crippen MR) is 94.5 cm³/mol. The Morgan fingerprint density at radius 1 is 1.10 bits per heavy atom. The van der Waals surface area contributed by atoms with E-state index in [1.165, 1.54) is 16.7 Å². The molecule has 2 rings (SSSR count). The van der Waals surface area contributed by atoms with E-state index in [4.69, 9.17) is 16.0 Å². The van der Waals surface area contributed by atoms with Crippen LogP contribution in [0.15, 0.2) is 42.5 Å². The van der Waals surface area contributed by atoms with Gasteiger partial charge in [-0.3, -0.25) is 0 Å². The van der Waals surface area contributed by atoms with Crippen LogP contribution in [0, 0.1) is 6.92 Å². The molecule has 0 aliphatic heterocycles. The van der Waals surface area contributed by atoms with Gasteiger partial charge in [0.1, 0.15) is 12.4 Å². The van der Waals surface area contributed by atoms with Crippen LogP contribution in [0.2, 0.25) is 0 Å². The zero-order valence-corrected chi connectivity index (χ0v) is 14.8. The fourth-order valence-corrected chi connectivity index (χ4v) is 3.28. The minimum Gasteiger partial charge on any atom is -0.488 e. The van der Waals surface area contributed by atoms with Crippen molar-refractivity contribution in [1.29, 1.82) is 0 Å². The molecule has 0 amide bonds. The van der Waals surface area contributed by atoms with E-state index in [1.807, 2.05) is 18.2 Å². The molecule has 0 aromatic heterocycles. The molecule has 1 unspecified atom stereocenters. The molecule has 0 saturated heterocycles. The first-order valence-corrected chi connectivity index (χ1v) is 9.11. The van der Waals surface area contributed by atoms with Crippen LogP contribution in [-0.4, -0.2) is 0 Å². The summed E-state index contributed by atoms with van der Waals surface area (Å²) >= 11 is 6.16. The third-order valence-electron chi connectivity index (χ3n) is 3.37. The summed E-state index contributed by atoms with van der Waals surface area (Å²) in [4.78, 5) is 0. The topological polar surface area (TPSA) is 9.23 Å². The molecular formula is C18H22ClOP. The Kier molecular flexibility index (Phi) is 5.30. The lowest BCUT2D eigenvalue weighted by atomic mass is 9.85. The van der Waals surface area contributed by atoms with Gasteiger partial charge < -0.3 is 4.74 Å². The van der Waals surface area contributed by atoms with Crippen LogP contribution in [0.3, 0.4) is 0 Å². The van der Waals surface area contributed by atoms with Crippen molar-refractivity contribution in [1.82, 2.24) is 0 Å². The number of rotatable bonds is 4. The van der Waals surface area contributed by atoms with E-state index in [0.717, 1.165) is 11.1 Å². The van der Waals surface area contributed by atoms with Gasteiger partial charge in [-0.2, -0.15) is 0 Å². The number of benzene rings is 2. The van der Waals surface area contributed by atoms with E-state index in [2.05, 4.69) is 52.0 Å². The fraction of sp³-hybridized carbons (Fsp3) is 0.333. The van der Waals surface area contributed by atoms with Crippen molar-refractivity contribution in [2.24, 2.45) is 0 Å². The molecule has 0 N–H and O–H groups in total. The number of halogens is 1. The maximum absolute atomic E-state index is 6.16. The smallest absolute Gasteiger partial charge is 0.132 e. The van der Waals surface area contributed by atoms with Gasteiger partial charge in [0.25, 0.3) is 0 Å². The van der Waals surface area contributed by atoms with Crippen LogP contribution >= 0.6 is 19.2 Å². The summed E-state index contributed by atoms with van der Waals surface area (Å²) in [6, 6.07) is 14.6. The standard InChI is InChI=1S/C18H22ClOP/c1-13-10-15(18(2,3)4)17(16(11-13)21-19)20-12-14-8-6-5-7-9-14/h5-11,21H,12H2,1-4H3. The Morgan fingerprint density at radius 3 is 2.33 bits per heavy atom. The van der Waals surface area contributed by atoms with Gasteiger partial charge in [-0.15, -0.1) is 0 Å². The zero-order chi connectivity index (χ0) is 15.5. The van der Waals surface area contributed by atoms with E-state index >= 15 is 0 Å². The normalized spacial score (nSPS) is 12.0. The fourth-order valence-electron chi connectivity index (χ4n) is 2.29. The van der Waals surface area contributed by atoms with Crippen molar-refractivity contribution in [3.63, 3.8) is 0 Å². The number of hydrogen-bond donors (Lipinski definition) is 0. The second-order valence-electron chi connectivity index (χ2n) is 6.31. The predicted octanol–water partition coefficient (Wildman–Crippen LogP) is 5.33. The van der Waals surface area contributed by atoms with E-state index < -0.39 is 0 Å². The van der Waals surface area contributed by atoms with Gasteiger partial charge in [-0.25, -0.2) is 0 Å². The first-order chi connectivity index (χ1) is 9.91. The molecule has 0 heterocycles. The maximum Gasteiger partial charge on any atom is 0.132 e. The van der Waals surface area contributed by atoms with Crippen molar-refractivity contribution in [2.75, 3.05) is 0 Å². The van der Waals surface area contributed by atoms with E-state index in [1.54, 1.807) is 0 Å². The van der Waals surface area contributed by atoms with E-state index in [-0.39, 0.29) is 13.3 Å². The van der Waals surface area contributed by atoms with Gasteiger partial charge in [0.05, 0.1) is 0 Å². The number of aryl methyl sites for hydroxylation is 1. The van der Waals surface area contributed by atoms with E-state index in [0.29, 0.717) is 6.61 Å². The Balaban J connectivity index is 2.36. The van der Waals surface area contributed by atoms with Crippen LogP contribution in [-0.2, 0) is 12.0 Å². The highest BCUT2D eigenvalue weighted by Crippen LogP contribution is 2.35. The van der Waals surface area contributed by atoms with Crippen molar-refractivity contribution < 1.29 is 4.74 Å². The number of ether oxygens (including phenoxy) is 1. The highest BCUT2D eigenvalue weighted by Gasteiger charge is 2.22. The van der Waals surface area contributed by atoms with Crippen LogP contribution in [0.1, 0.15) is 37.5 Å². The summed E-state index contributed by atoms with van der Waals surface area (Å²) in [5.74, 6) is 0.949. The highest BCUT2D eigenvalue weighted by atomic mass is 35.7. The van der Waals surface area contributed by atoms with Gasteiger partial charge in [-0.1, -0.05) is 68.4 Å². The monoisotopic (exact) mass is 320 g/mol. The first-order valence-electron chi connectivity index (χ1n) is 7.10. The second-order valence-corrected chi connectivity index (χ2v) is 7.60. The molecule has 21 heavy (non-hydrogen) atoms. The molecule has 1 atom stereocenters. The van der Waals surface area contributed by atoms with Crippen molar-refractivity contribution in [2.45, 2.75) is 39.7 Å². The molecule has 1 nitrogen and oxygen atoms in total. The Bertz CT molecular complexity index is 603. The van der Waals surface area contributed by atoms with Crippen molar-refractivity contribution >= 4 is 24.5 Å². The second kappa shape index (κ2) is 6.81. The third kappa shape index (κ3) is 4.22. The quantitative estimate of drug-likeness (QED) is 0.692. The van der Waals surface area contributed by atoms with Gasteiger partial charge in [0.15, 0.2) is 0 Å². The molecule has 0 aliphatic carbocycles. The SMILES string of the molecule is Cc1cc(PCl)c(OCc2ccccc2)c(C(C)(C)C)c1. The van der Waals surface area contributed by atoms with Crippen LogP contribution in [0.5, 0.6) is 5.75 Å². The maximum atomic E-state index is 6.16. The van der Waals surface area contributed by atoms with Gasteiger partial charge in [-0.05, 0) is 29.5 Å². The molecule has 0 spiro atoms. The average Bonchev–Trinajstić information content (AvgIpc) is 2.45. The average molecular weight is 321 g/mol. The molecule has 0 saturated carbocycles. The minimum atomic E-state index is 0.0311. The van der Waals surface area contributed by atoms with Crippen LogP contribution < -0.4 is 10.0 Å². The minimum absolute atomic E-state index is 0.0311. The Morgan fingerprint density at radius 2 is 1.76 bits per heavy atom. The molecule has 2 aromatic rings. The summed E-state index contributed by atoms with van der Waals surface area (Å²) in [7, 11) is 0.215. The highest BCUT2D eigenvalue weighted by molar-refractivity contribution is 7.75. The van der Waals surface area contributed by atoms with Crippen molar-refractivity contribution in [3.8, 4) is 5.75 Å². The Hall–Kier alpha value is -1.04. The molecule has 0 bridgehead atoms. The molecule has 112 valence electrons. The molecule has 2 aromatic carbocycles. The summed E-state index contributed by atoms with van der Waals surface area (Å²) < 4.78 is 6.15. The summed E-state index contributed by atoms with van der Waals surface area (Å²) in [5, 5.41) is 1.09. The molecule has 3 heteroatoms. The molecular weight excluding hydrogens is 299 g/mol.